The van der Waals surface area contributed by atoms with E-state index in [4.69, 9.17) is 5.73 Å². The average Bonchev–Trinajstić information content (AvgIpc) is 2.18. The average molecular weight is 246 g/mol. The molecule has 0 saturated heterocycles. The lowest BCUT2D eigenvalue weighted by atomic mass is 10.3. The summed E-state index contributed by atoms with van der Waals surface area (Å²) in [5.74, 6) is 0.928. The number of hydrogen-bond donors (Lipinski definition) is 2. The summed E-state index contributed by atoms with van der Waals surface area (Å²) >= 11 is 1.62. The number of benzene rings is 1. The number of nitrogens with two attached hydrogens (primary N) is 1. The van der Waals surface area contributed by atoms with Crippen molar-refractivity contribution in [3.63, 3.8) is 0 Å². The highest BCUT2D eigenvalue weighted by Crippen LogP contribution is 2.25. The van der Waals surface area contributed by atoms with Crippen molar-refractivity contribution >= 4 is 27.5 Å². The fourth-order valence-electron chi connectivity index (χ4n) is 1.14. The molecule has 0 spiro atoms. The van der Waals surface area contributed by atoms with E-state index in [9.17, 15) is 8.42 Å². The van der Waals surface area contributed by atoms with Crippen LogP contribution in [0.1, 0.15) is 6.92 Å². The summed E-state index contributed by atoms with van der Waals surface area (Å²) < 4.78 is 25.2. The molecule has 0 heterocycles. The molecular weight excluding hydrogens is 232 g/mol. The van der Waals surface area contributed by atoms with Crippen LogP contribution in [-0.4, -0.2) is 21.2 Å². The summed E-state index contributed by atoms with van der Waals surface area (Å²) in [5, 5.41) is 0. The van der Waals surface area contributed by atoms with Gasteiger partial charge in [0.05, 0.1) is 5.69 Å². The lowest BCUT2D eigenvalue weighted by molar-refractivity contribution is 0.588. The van der Waals surface area contributed by atoms with Gasteiger partial charge in [0.25, 0.3) is 0 Å². The van der Waals surface area contributed by atoms with Gasteiger partial charge in [0.2, 0.25) is 10.0 Å². The Balaban J connectivity index is 3.14. The summed E-state index contributed by atoms with van der Waals surface area (Å²) in [6.45, 7) is 2.03. The zero-order valence-electron chi connectivity index (χ0n) is 8.65. The van der Waals surface area contributed by atoms with Crippen molar-refractivity contribution in [1.29, 1.82) is 0 Å². The maximum Gasteiger partial charge on any atom is 0.242 e. The predicted octanol–water partition coefficient (Wildman–Crippen LogP) is 1.29. The van der Waals surface area contributed by atoms with Gasteiger partial charge in [-0.25, -0.2) is 13.1 Å². The van der Waals surface area contributed by atoms with Gasteiger partial charge < -0.3 is 5.73 Å². The van der Waals surface area contributed by atoms with Gasteiger partial charge in [-0.2, -0.15) is 0 Å². The van der Waals surface area contributed by atoms with Gasteiger partial charge in [0.15, 0.2) is 0 Å². The van der Waals surface area contributed by atoms with Gasteiger partial charge in [-0.05, 0) is 31.0 Å². The molecule has 0 fully saturated rings. The second kappa shape index (κ2) is 4.87. The molecule has 4 nitrogen and oxygen atoms in total. The second-order valence-corrected chi connectivity index (χ2v) is 6.03. The van der Waals surface area contributed by atoms with E-state index in [2.05, 4.69) is 4.72 Å². The molecule has 0 aliphatic carbocycles. The number of hydrogen-bond acceptors (Lipinski definition) is 4. The SMILES string of the molecule is CCSc1ccc(S(=O)(=O)NC)c(N)c1. The smallest absolute Gasteiger partial charge is 0.242 e. The molecular formula is C9H14N2O2S2. The lowest BCUT2D eigenvalue weighted by Gasteiger charge is -2.07. The quantitative estimate of drug-likeness (QED) is 0.620. The van der Waals surface area contributed by atoms with Gasteiger partial charge in [0, 0.05) is 4.90 Å². The summed E-state index contributed by atoms with van der Waals surface area (Å²) in [4.78, 5) is 1.11. The van der Waals surface area contributed by atoms with E-state index >= 15 is 0 Å². The fourth-order valence-corrected chi connectivity index (χ4v) is 2.68. The van der Waals surface area contributed by atoms with Crippen molar-refractivity contribution in [2.24, 2.45) is 0 Å². The number of sulfonamides is 1. The molecule has 0 bridgehead atoms. The zero-order valence-corrected chi connectivity index (χ0v) is 10.3. The molecule has 15 heavy (non-hydrogen) atoms. The maximum absolute atomic E-state index is 11.5. The van der Waals surface area contributed by atoms with Crippen LogP contribution < -0.4 is 10.5 Å². The van der Waals surface area contributed by atoms with Crippen LogP contribution in [0.4, 0.5) is 5.69 Å². The standard InChI is InChI=1S/C9H14N2O2S2/c1-3-14-7-4-5-9(8(10)6-7)15(12,13)11-2/h4-6,11H,3,10H2,1-2H3. The number of nitrogens with one attached hydrogen (secondary N) is 1. The highest BCUT2D eigenvalue weighted by Gasteiger charge is 2.14. The highest BCUT2D eigenvalue weighted by atomic mass is 32.2. The predicted molar refractivity (Wildman–Crippen MR) is 63.5 cm³/mol. The molecule has 0 unspecified atom stereocenters. The third kappa shape index (κ3) is 2.87. The van der Waals surface area contributed by atoms with Gasteiger partial charge in [-0.1, -0.05) is 6.92 Å². The fraction of sp³-hybridized carbons (Fsp3) is 0.333. The normalized spacial score (nSPS) is 11.6. The first-order valence-electron chi connectivity index (χ1n) is 4.47. The van der Waals surface area contributed by atoms with Crippen molar-refractivity contribution in [2.75, 3.05) is 18.5 Å². The van der Waals surface area contributed by atoms with Crippen LogP contribution in [0.5, 0.6) is 0 Å². The molecule has 1 aromatic carbocycles. The van der Waals surface area contributed by atoms with Gasteiger partial charge in [0.1, 0.15) is 4.90 Å². The summed E-state index contributed by atoms with van der Waals surface area (Å²) in [6, 6.07) is 4.96. The number of nitrogen functional groups attached to an aromatic ring is 1. The summed E-state index contributed by atoms with van der Waals surface area (Å²) in [7, 11) is -2.08. The summed E-state index contributed by atoms with van der Waals surface area (Å²) in [6.07, 6.45) is 0. The van der Waals surface area contributed by atoms with Crippen LogP contribution in [0, 0.1) is 0 Å². The second-order valence-electron chi connectivity index (χ2n) is 2.84. The molecule has 3 N–H and O–H groups in total. The highest BCUT2D eigenvalue weighted by molar-refractivity contribution is 7.99. The van der Waals surface area contributed by atoms with Crippen LogP contribution in [-0.2, 0) is 10.0 Å². The number of thioether (sulfide) groups is 1. The Morgan fingerprint density at radius 2 is 2.13 bits per heavy atom. The molecule has 0 aromatic heterocycles. The maximum atomic E-state index is 11.5. The Hall–Kier alpha value is -0.720. The molecule has 0 amide bonds. The van der Waals surface area contributed by atoms with Crippen molar-refractivity contribution in [1.82, 2.24) is 4.72 Å². The summed E-state index contributed by atoms with van der Waals surface area (Å²) in [5.41, 5.74) is 5.96. The zero-order chi connectivity index (χ0) is 11.5. The Labute approximate surface area is 94.3 Å². The largest absolute Gasteiger partial charge is 0.398 e. The first kappa shape index (κ1) is 12.4. The van der Waals surface area contributed by atoms with Gasteiger partial charge in [-0.3, -0.25) is 0 Å². The molecule has 84 valence electrons. The van der Waals surface area contributed by atoms with E-state index in [1.54, 1.807) is 23.9 Å². The molecule has 0 saturated carbocycles. The molecule has 0 aliphatic heterocycles. The molecule has 1 rings (SSSR count). The monoisotopic (exact) mass is 246 g/mol. The topological polar surface area (TPSA) is 72.2 Å². The van der Waals surface area contributed by atoms with Crippen molar-refractivity contribution in [3.8, 4) is 0 Å². The third-order valence-corrected chi connectivity index (χ3v) is 4.21. The lowest BCUT2D eigenvalue weighted by Crippen LogP contribution is -2.19. The molecule has 6 heteroatoms. The Morgan fingerprint density at radius 3 is 2.60 bits per heavy atom. The minimum absolute atomic E-state index is 0.130. The Morgan fingerprint density at radius 1 is 1.47 bits per heavy atom. The first-order valence-corrected chi connectivity index (χ1v) is 6.94. The third-order valence-electron chi connectivity index (χ3n) is 1.85. The van der Waals surface area contributed by atoms with Crippen molar-refractivity contribution in [3.05, 3.63) is 18.2 Å². The van der Waals surface area contributed by atoms with Crippen LogP contribution >= 0.6 is 11.8 Å². The minimum atomic E-state index is -3.44. The van der Waals surface area contributed by atoms with Crippen LogP contribution in [0.15, 0.2) is 28.0 Å². The molecule has 0 atom stereocenters. The number of anilines is 1. The van der Waals surface area contributed by atoms with Crippen molar-refractivity contribution in [2.45, 2.75) is 16.7 Å². The molecule has 1 aromatic rings. The van der Waals surface area contributed by atoms with Crippen LogP contribution in [0.3, 0.4) is 0 Å². The molecule has 0 radical (unpaired) electrons. The van der Waals surface area contributed by atoms with E-state index < -0.39 is 10.0 Å². The Bertz CT molecular complexity index is 443. The number of rotatable bonds is 4. The van der Waals surface area contributed by atoms with E-state index in [-0.39, 0.29) is 10.6 Å². The van der Waals surface area contributed by atoms with Gasteiger partial charge in [-0.15, -0.1) is 11.8 Å². The van der Waals surface area contributed by atoms with Crippen LogP contribution in [0.25, 0.3) is 0 Å². The van der Waals surface area contributed by atoms with E-state index in [1.807, 2.05) is 6.92 Å². The first-order chi connectivity index (χ1) is 7.01. The van der Waals surface area contributed by atoms with Crippen molar-refractivity contribution < 1.29 is 8.42 Å². The van der Waals surface area contributed by atoms with E-state index in [0.717, 1.165) is 10.6 Å². The minimum Gasteiger partial charge on any atom is -0.398 e. The van der Waals surface area contributed by atoms with Gasteiger partial charge >= 0.3 is 0 Å². The molecule has 0 aliphatic rings. The Kier molecular flexibility index (Phi) is 4.01. The van der Waals surface area contributed by atoms with E-state index in [0.29, 0.717) is 0 Å². The van der Waals surface area contributed by atoms with Crippen LogP contribution in [0.2, 0.25) is 0 Å². The van der Waals surface area contributed by atoms with E-state index in [1.165, 1.54) is 13.1 Å².